The van der Waals surface area contributed by atoms with Gasteiger partial charge in [-0.25, -0.2) is 9.59 Å². The molecule has 0 unspecified atom stereocenters. The summed E-state index contributed by atoms with van der Waals surface area (Å²) in [6.07, 6.45) is 3.80. The van der Waals surface area contributed by atoms with E-state index in [0.29, 0.717) is 19.0 Å². The largest absolute Gasteiger partial charge is 0.444 e. The van der Waals surface area contributed by atoms with Crippen molar-refractivity contribution in [1.29, 1.82) is 0 Å². The van der Waals surface area contributed by atoms with Gasteiger partial charge in [-0.2, -0.15) is 0 Å². The van der Waals surface area contributed by atoms with Crippen LogP contribution in [0.25, 0.3) is 0 Å². The second-order valence-corrected chi connectivity index (χ2v) is 10.1. The lowest BCUT2D eigenvalue weighted by molar-refractivity contribution is 0.00437. The molecule has 2 rings (SSSR count). The molecule has 2 fully saturated rings. The van der Waals surface area contributed by atoms with Gasteiger partial charge in [0.2, 0.25) is 0 Å². The molecule has 1 N–H and O–H groups in total. The lowest BCUT2D eigenvalue weighted by Gasteiger charge is -2.37. The number of rotatable bonds is 3. The fourth-order valence-corrected chi connectivity index (χ4v) is 4.05. The number of aliphatic hydroxyl groups excluding tert-OH is 1. The van der Waals surface area contributed by atoms with Crippen molar-refractivity contribution in [3.05, 3.63) is 0 Å². The van der Waals surface area contributed by atoms with Gasteiger partial charge >= 0.3 is 12.2 Å². The first-order valence-electron chi connectivity index (χ1n) is 10.5. The summed E-state index contributed by atoms with van der Waals surface area (Å²) in [4.78, 5) is 28.4. The Morgan fingerprint density at radius 1 is 0.857 bits per heavy atom. The number of hydrogen-bond donors (Lipinski definition) is 1. The molecule has 28 heavy (non-hydrogen) atoms. The molecule has 0 spiro atoms. The Morgan fingerprint density at radius 3 is 1.86 bits per heavy atom. The van der Waals surface area contributed by atoms with Crippen LogP contribution in [0.4, 0.5) is 9.59 Å². The third kappa shape index (κ3) is 6.54. The van der Waals surface area contributed by atoms with Crippen LogP contribution in [0.3, 0.4) is 0 Å². The monoisotopic (exact) mass is 398 g/mol. The van der Waals surface area contributed by atoms with Crippen molar-refractivity contribution >= 4 is 12.2 Å². The molecule has 7 heteroatoms. The molecule has 2 aliphatic heterocycles. The zero-order valence-corrected chi connectivity index (χ0v) is 18.4. The molecule has 0 aromatic heterocycles. The molecule has 0 saturated carbocycles. The quantitative estimate of drug-likeness (QED) is 0.782. The lowest BCUT2D eigenvalue weighted by Crippen LogP contribution is -2.47. The first-order chi connectivity index (χ1) is 12.9. The normalized spacial score (nSPS) is 24.4. The second-order valence-electron chi connectivity index (χ2n) is 10.1. The van der Waals surface area contributed by atoms with Crippen LogP contribution >= 0.6 is 0 Å². The average Bonchev–Trinajstić information content (AvgIpc) is 2.95. The maximum absolute atomic E-state index is 12.7. The van der Waals surface area contributed by atoms with Gasteiger partial charge in [0.25, 0.3) is 0 Å². The average molecular weight is 399 g/mol. The summed E-state index contributed by atoms with van der Waals surface area (Å²) >= 11 is 0. The van der Waals surface area contributed by atoms with E-state index < -0.39 is 11.2 Å². The van der Waals surface area contributed by atoms with E-state index in [2.05, 4.69) is 0 Å². The number of likely N-dealkylation sites (tertiary alicyclic amines) is 2. The molecule has 0 aromatic rings. The fourth-order valence-electron chi connectivity index (χ4n) is 4.05. The number of ether oxygens (including phenoxy) is 2. The van der Waals surface area contributed by atoms with E-state index in [1.165, 1.54) is 0 Å². The third-order valence-electron chi connectivity index (χ3n) is 5.31. The molecule has 0 aliphatic carbocycles. The SMILES string of the molecule is CC(C)(C)OC(=O)N1CCC(C[C@@H]2CC[C@H](CO)N2C(=O)OC(C)(C)C)CC1. The predicted molar refractivity (Wildman–Crippen MR) is 107 cm³/mol. The molecule has 7 nitrogen and oxygen atoms in total. The van der Waals surface area contributed by atoms with Crippen LogP contribution in [0.15, 0.2) is 0 Å². The van der Waals surface area contributed by atoms with Crippen LogP contribution in [-0.2, 0) is 9.47 Å². The van der Waals surface area contributed by atoms with Crippen LogP contribution in [0, 0.1) is 5.92 Å². The van der Waals surface area contributed by atoms with E-state index in [1.807, 2.05) is 41.5 Å². The Morgan fingerprint density at radius 2 is 1.36 bits per heavy atom. The van der Waals surface area contributed by atoms with Gasteiger partial charge in [0.1, 0.15) is 11.2 Å². The van der Waals surface area contributed by atoms with Crippen LogP contribution in [-0.4, -0.2) is 70.1 Å². The van der Waals surface area contributed by atoms with Crippen molar-refractivity contribution in [1.82, 2.24) is 9.80 Å². The number of carbonyl (C=O) groups excluding carboxylic acids is 2. The summed E-state index contributed by atoms with van der Waals surface area (Å²) in [5, 5.41) is 9.69. The van der Waals surface area contributed by atoms with Crippen LogP contribution in [0.2, 0.25) is 0 Å². The van der Waals surface area contributed by atoms with Crippen molar-refractivity contribution in [2.24, 2.45) is 5.92 Å². The van der Waals surface area contributed by atoms with E-state index in [-0.39, 0.29) is 30.9 Å². The first kappa shape index (κ1) is 22.8. The summed E-state index contributed by atoms with van der Waals surface area (Å²) in [5.74, 6) is 0.450. The third-order valence-corrected chi connectivity index (χ3v) is 5.31. The number of carbonyl (C=O) groups is 2. The first-order valence-corrected chi connectivity index (χ1v) is 10.5. The van der Waals surface area contributed by atoms with E-state index in [4.69, 9.17) is 9.47 Å². The Bertz CT molecular complexity index is 544. The molecule has 2 saturated heterocycles. The smallest absolute Gasteiger partial charge is 0.410 e. The summed E-state index contributed by atoms with van der Waals surface area (Å²) in [6.45, 7) is 12.5. The molecule has 162 valence electrons. The van der Waals surface area contributed by atoms with Crippen LogP contribution < -0.4 is 0 Å². The molecule has 0 bridgehead atoms. The molecule has 2 atom stereocenters. The number of piperidine rings is 1. The minimum atomic E-state index is -0.553. The molecule has 2 amide bonds. The highest BCUT2D eigenvalue weighted by Crippen LogP contribution is 2.33. The van der Waals surface area contributed by atoms with Crippen molar-refractivity contribution in [3.63, 3.8) is 0 Å². The Labute approximate surface area is 169 Å². The maximum Gasteiger partial charge on any atom is 0.410 e. The molecule has 2 heterocycles. The van der Waals surface area contributed by atoms with Crippen LogP contribution in [0.5, 0.6) is 0 Å². The summed E-state index contributed by atoms with van der Waals surface area (Å²) in [6, 6.07) is -0.0771. The standard InChI is InChI=1S/C21H38N2O5/c1-20(2,3)27-18(25)22-11-9-15(10-12-22)13-16-7-8-17(14-24)23(16)19(26)28-21(4,5)6/h15-17,24H,7-14H2,1-6H3/t16-,17+/m0/s1. The summed E-state index contributed by atoms with van der Waals surface area (Å²) < 4.78 is 11.0. The minimum Gasteiger partial charge on any atom is -0.444 e. The lowest BCUT2D eigenvalue weighted by atomic mass is 9.89. The number of amides is 2. The molecule has 0 radical (unpaired) electrons. The van der Waals surface area contributed by atoms with Gasteiger partial charge in [0.15, 0.2) is 0 Å². The molecule has 0 aromatic carbocycles. The minimum absolute atomic E-state index is 0.0349. The zero-order valence-electron chi connectivity index (χ0n) is 18.4. The van der Waals surface area contributed by atoms with Crippen molar-refractivity contribution in [2.75, 3.05) is 19.7 Å². The zero-order chi connectivity index (χ0) is 21.1. The van der Waals surface area contributed by atoms with Gasteiger partial charge in [-0.3, -0.25) is 4.90 Å². The number of aliphatic hydroxyl groups is 1. The Kier molecular flexibility index (Phi) is 7.23. The van der Waals surface area contributed by atoms with Crippen molar-refractivity contribution in [2.45, 2.75) is 96.9 Å². The highest BCUT2D eigenvalue weighted by atomic mass is 16.6. The van der Waals surface area contributed by atoms with Gasteiger partial charge in [0.05, 0.1) is 12.6 Å². The van der Waals surface area contributed by atoms with E-state index >= 15 is 0 Å². The van der Waals surface area contributed by atoms with E-state index in [0.717, 1.165) is 32.1 Å². The topological polar surface area (TPSA) is 79.3 Å². The summed E-state index contributed by atoms with van der Waals surface area (Å²) in [7, 11) is 0. The predicted octanol–water partition coefficient (Wildman–Crippen LogP) is 3.78. The van der Waals surface area contributed by atoms with Crippen molar-refractivity contribution < 1.29 is 24.2 Å². The highest BCUT2D eigenvalue weighted by molar-refractivity contribution is 5.69. The number of nitrogens with zero attached hydrogens (tertiary/aromatic N) is 2. The summed E-state index contributed by atoms with van der Waals surface area (Å²) in [5.41, 5.74) is -1.03. The van der Waals surface area contributed by atoms with Gasteiger partial charge in [-0.1, -0.05) is 0 Å². The second kappa shape index (κ2) is 8.89. The van der Waals surface area contributed by atoms with Gasteiger partial charge in [-0.15, -0.1) is 0 Å². The number of hydrogen-bond acceptors (Lipinski definition) is 5. The molecular formula is C21H38N2O5. The fraction of sp³-hybridized carbons (Fsp3) is 0.905. The molecular weight excluding hydrogens is 360 g/mol. The van der Waals surface area contributed by atoms with E-state index in [9.17, 15) is 14.7 Å². The maximum atomic E-state index is 12.7. The highest BCUT2D eigenvalue weighted by Gasteiger charge is 2.40. The Balaban J connectivity index is 1.90. The Hall–Kier alpha value is -1.50. The van der Waals surface area contributed by atoms with Crippen LogP contribution in [0.1, 0.15) is 73.6 Å². The van der Waals surface area contributed by atoms with E-state index in [1.54, 1.807) is 9.80 Å². The van der Waals surface area contributed by atoms with Gasteiger partial charge < -0.3 is 19.5 Å². The molecule has 2 aliphatic rings. The van der Waals surface area contributed by atoms with Gasteiger partial charge in [-0.05, 0) is 79.6 Å². The van der Waals surface area contributed by atoms with Gasteiger partial charge in [0, 0.05) is 19.1 Å². The van der Waals surface area contributed by atoms with Crippen molar-refractivity contribution in [3.8, 4) is 0 Å².